The summed E-state index contributed by atoms with van der Waals surface area (Å²) < 4.78 is 0. The van der Waals surface area contributed by atoms with Crippen molar-refractivity contribution in [1.29, 1.82) is 0 Å². The molecule has 0 radical (unpaired) electrons. The lowest BCUT2D eigenvalue weighted by Crippen LogP contribution is -2.57. The van der Waals surface area contributed by atoms with E-state index in [-0.39, 0.29) is 18.4 Å². The van der Waals surface area contributed by atoms with E-state index < -0.39 is 0 Å². The summed E-state index contributed by atoms with van der Waals surface area (Å²) in [6.45, 7) is 5.62. The first-order valence-corrected chi connectivity index (χ1v) is 6.71. The van der Waals surface area contributed by atoms with Gasteiger partial charge in [-0.15, -0.1) is 0 Å². The summed E-state index contributed by atoms with van der Waals surface area (Å²) >= 11 is 0. The van der Waals surface area contributed by atoms with Gasteiger partial charge in [-0.2, -0.15) is 0 Å². The third-order valence-electron chi connectivity index (χ3n) is 3.91. The summed E-state index contributed by atoms with van der Waals surface area (Å²) in [5.41, 5.74) is 1.80. The number of likely N-dealkylation sites (N-methyl/N-ethyl adjacent to an activating group) is 1. The fourth-order valence-corrected chi connectivity index (χ4v) is 2.67. The number of benzene rings is 1. The molecule has 1 heterocycles. The highest BCUT2D eigenvalue weighted by Crippen LogP contribution is 2.23. The van der Waals surface area contributed by atoms with E-state index >= 15 is 0 Å². The molecule has 0 bridgehead atoms. The molecule has 19 heavy (non-hydrogen) atoms. The fraction of sp³-hybridized carbons (Fsp3) is 0.533. The van der Waals surface area contributed by atoms with Gasteiger partial charge in [-0.1, -0.05) is 12.1 Å². The minimum Gasteiger partial charge on any atom is -0.395 e. The van der Waals surface area contributed by atoms with Crippen LogP contribution in [0.2, 0.25) is 0 Å². The average Bonchev–Trinajstić information content (AvgIpc) is 2.39. The zero-order valence-electron chi connectivity index (χ0n) is 11.8. The third-order valence-corrected chi connectivity index (χ3v) is 3.91. The largest absolute Gasteiger partial charge is 0.395 e. The van der Waals surface area contributed by atoms with Crippen LogP contribution in [0.1, 0.15) is 24.2 Å². The Kier molecular flexibility index (Phi) is 4.22. The molecule has 1 aliphatic rings. The van der Waals surface area contributed by atoms with Crippen molar-refractivity contribution in [1.82, 2.24) is 4.90 Å². The summed E-state index contributed by atoms with van der Waals surface area (Å²) in [7, 11) is 2.04. The molecule has 4 nitrogen and oxygen atoms in total. The van der Waals surface area contributed by atoms with Crippen molar-refractivity contribution in [3.63, 3.8) is 0 Å². The summed E-state index contributed by atoms with van der Waals surface area (Å²) in [5.74, 6) is 0.0855. The van der Waals surface area contributed by atoms with Crippen LogP contribution < -0.4 is 4.90 Å². The van der Waals surface area contributed by atoms with Gasteiger partial charge in [-0.3, -0.25) is 9.69 Å². The Balaban J connectivity index is 2.24. The highest BCUT2D eigenvalue weighted by atomic mass is 16.3. The third kappa shape index (κ3) is 2.96. The molecule has 0 aromatic heterocycles. The number of aliphatic hydroxyl groups excluding tert-OH is 1. The van der Waals surface area contributed by atoms with Gasteiger partial charge < -0.3 is 10.0 Å². The van der Waals surface area contributed by atoms with Gasteiger partial charge in [0.1, 0.15) is 0 Å². The molecule has 2 unspecified atom stereocenters. The molecular weight excluding hydrogens is 240 g/mol. The van der Waals surface area contributed by atoms with Crippen LogP contribution in [-0.4, -0.2) is 54.6 Å². The molecule has 2 rings (SSSR count). The second-order valence-corrected chi connectivity index (χ2v) is 5.38. The molecule has 2 atom stereocenters. The number of piperazine rings is 1. The van der Waals surface area contributed by atoms with E-state index in [0.29, 0.717) is 6.04 Å². The Labute approximate surface area is 114 Å². The maximum Gasteiger partial charge on any atom is 0.159 e. The van der Waals surface area contributed by atoms with Crippen LogP contribution in [0.4, 0.5) is 5.69 Å². The molecule has 1 saturated heterocycles. The fourth-order valence-electron chi connectivity index (χ4n) is 2.67. The average molecular weight is 262 g/mol. The zero-order chi connectivity index (χ0) is 14.0. The van der Waals surface area contributed by atoms with Gasteiger partial charge in [0.2, 0.25) is 0 Å². The monoisotopic (exact) mass is 262 g/mol. The van der Waals surface area contributed by atoms with Crippen molar-refractivity contribution in [3.05, 3.63) is 29.8 Å². The Morgan fingerprint density at radius 3 is 2.79 bits per heavy atom. The molecule has 1 N–H and O–H groups in total. The molecule has 0 aliphatic carbocycles. The Bertz CT molecular complexity index is 461. The highest BCUT2D eigenvalue weighted by molar-refractivity contribution is 5.95. The van der Waals surface area contributed by atoms with Crippen molar-refractivity contribution >= 4 is 11.5 Å². The van der Waals surface area contributed by atoms with E-state index in [0.717, 1.165) is 24.3 Å². The number of ketones is 1. The molecule has 4 heteroatoms. The minimum absolute atomic E-state index is 0.0855. The number of carbonyl (C=O) groups is 1. The Morgan fingerprint density at radius 2 is 2.16 bits per heavy atom. The first-order chi connectivity index (χ1) is 9.02. The van der Waals surface area contributed by atoms with Gasteiger partial charge in [-0.25, -0.2) is 0 Å². The second kappa shape index (κ2) is 5.72. The van der Waals surface area contributed by atoms with Crippen molar-refractivity contribution in [2.24, 2.45) is 0 Å². The highest BCUT2D eigenvalue weighted by Gasteiger charge is 2.29. The topological polar surface area (TPSA) is 43.8 Å². The summed E-state index contributed by atoms with van der Waals surface area (Å²) in [4.78, 5) is 15.9. The Morgan fingerprint density at radius 1 is 1.42 bits per heavy atom. The van der Waals surface area contributed by atoms with E-state index in [2.05, 4.69) is 16.7 Å². The van der Waals surface area contributed by atoms with E-state index in [9.17, 15) is 9.90 Å². The SMILES string of the molecule is CC(=O)c1cccc(N2CC(CO)N(C)CC2C)c1. The van der Waals surface area contributed by atoms with E-state index in [1.807, 2.05) is 31.3 Å². The van der Waals surface area contributed by atoms with Gasteiger partial charge in [-0.05, 0) is 33.0 Å². The number of rotatable bonds is 3. The number of carbonyl (C=O) groups excluding carboxylic acids is 1. The second-order valence-electron chi connectivity index (χ2n) is 5.38. The molecule has 1 aliphatic heterocycles. The van der Waals surface area contributed by atoms with E-state index in [4.69, 9.17) is 0 Å². The molecule has 0 saturated carbocycles. The van der Waals surface area contributed by atoms with E-state index in [1.54, 1.807) is 6.92 Å². The quantitative estimate of drug-likeness (QED) is 0.836. The maximum atomic E-state index is 11.5. The van der Waals surface area contributed by atoms with Crippen molar-refractivity contribution in [2.75, 3.05) is 31.6 Å². The lowest BCUT2D eigenvalue weighted by Gasteiger charge is -2.44. The van der Waals surface area contributed by atoms with Crippen LogP contribution in [-0.2, 0) is 0 Å². The number of anilines is 1. The van der Waals surface area contributed by atoms with Crippen molar-refractivity contribution in [3.8, 4) is 0 Å². The summed E-state index contributed by atoms with van der Waals surface area (Å²) in [5, 5.41) is 9.43. The van der Waals surface area contributed by atoms with Gasteiger partial charge in [0.25, 0.3) is 0 Å². The van der Waals surface area contributed by atoms with Crippen LogP contribution in [0.25, 0.3) is 0 Å². The lowest BCUT2D eigenvalue weighted by molar-refractivity contribution is 0.101. The molecular formula is C15H22N2O2. The zero-order valence-corrected chi connectivity index (χ0v) is 11.8. The van der Waals surface area contributed by atoms with Crippen molar-refractivity contribution < 1.29 is 9.90 Å². The van der Waals surface area contributed by atoms with Gasteiger partial charge >= 0.3 is 0 Å². The first-order valence-electron chi connectivity index (χ1n) is 6.71. The summed E-state index contributed by atoms with van der Waals surface area (Å²) in [6.07, 6.45) is 0. The predicted octanol–water partition coefficient (Wildman–Crippen LogP) is 1.39. The lowest BCUT2D eigenvalue weighted by atomic mass is 10.1. The maximum absolute atomic E-state index is 11.5. The number of nitrogens with zero attached hydrogens (tertiary/aromatic N) is 2. The molecule has 0 spiro atoms. The number of hydrogen-bond donors (Lipinski definition) is 1. The van der Waals surface area contributed by atoms with Gasteiger partial charge in [0.15, 0.2) is 5.78 Å². The first kappa shape index (κ1) is 14.0. The molecule has 0 amide bonds. The smallest absolute Gasteiger partial charge is 0.159 e. The standard InChI is InChI=1S/C15H22N2O2/c1-11-8-16(3)15(10-18)9-17(11)14-6-4-5-13(7-14)12(2)19/h4-7,11,15,18H,8-10H2,1-3H3. The molecule has 1 aromatic rings. The van der Waals surface area contributed by atoms with Gasteiger partial charge in [0.05, 0.1) is 12.6 Å². The van der Waals surface area contributed by atoms with Crippen LogP contribution >= 0.6 is 0 Å². The minimum atomic E-state index is 0.0855. The van der Waals surface area contributed by atoms with Crippen LogP contribution in [0.3, 0.4) is 0 Å². The molecule has 1 fully saturated rings. The number of Topliss-reactive ketones (excluding diaryl/α,β-unsaturated/α-hetero) is 1. The predicted molar refractivity (Wildman–Crippen MR) is 76.8 cm³/mol. The molecule has 1 aromatic carbocycles. The number of hydrogen-bond acceptors (Lipinski definition) is 4. The normalized spacial score (nSPS) is 24.5. The van der Waals surface area contributed by atoms with Gasteiger partial charge in [0, 0.05) is 30.4 Å². The number of aliphatic hydroxyl groups is 1. The van der Waals surface area contributed by atoms with Crippen LogP contribution in [0.15, 0.2) is 24.3 Å². The molecule has 104 valence electrons. The van der Waals surface area contributed by atoms with Crippen molar-refractivity contribution in [2.45, 2.75) is 25.9 Å². The Hall–Kier alpha value is -1.39. The van der Waals surface area contributed by atoms with E-state index in [1.165, 1.54) is 0 Å². The summed E-state index contributed by atoms with van der Waals surface area (Å²) in [6, 6.07) is 8.26. The van der Waals surface area contributed by atoms with Crippen LogP contribution in [0.5, 0.6) is 0 Å². The van der Waals surface area contributed by atoms with Crippen LogP contribution in [0, 0.1) is 0 Å².